The molecule has 1 aromatic heterocycles. The largest absolute Gasteiger partial charge is 0.447 e. The standard InChI is InChI=1S/C10H4Cl3N3O3/c11-5-1-2-6(16(17)18)7(3-5)19-8-4-9(12)14-15-10(8)13/h1-4H. The molecule has 98 valence electrons. The first-order valence-electron chi connectivity index (χ1n) is 4.78. The van der Waals surface area contributed by atoms with Gasteiger partial charge in [0.15, 0.2) is 16.1 Å². The summed E-state index contributed by atoms with van der Waals surface area (Å²) in [5, 5.41) is 18.2. The monoisotopic (exact) mass is 319 g/mol. The van der Waals surface area contributed by atoms with E-state index in [2.05, 4.69) is 10.2 Å². The van der Waals surface area contributed by atoms with E-state index in [0.717, 1.165) is 0 Å². The van der Waals surface area contributed by atoms with E-state index in [-0.39, 0.29) is 32.5 Å². The zero-order valence-corrected chi connectivity index (χ0v) is 11.3. The summed E-state index contributed by atoms with van der Waals surface area (Å²) in [7, 11) is 0. The first-order chi connectivity index (χ1) is 8.97. The minimum absolute atomic E-state index is 0.0454. The average Bonchev–Trinajstić information content (AvgIpc) is 2.33. The predicted molar refractivity (Wildman–Crippen MR) is 70.2 cm³/mol. The van der Waals surface area contributed by atoms with Gasteiger partial charge in [-0.1, -0.05) is 34.8 Å². The maximum atomic E-state index is 10.9. The molecule has 0 amide bonds. The van der Waals surface area contributed by atoms with Crippen LogP contribution in [0.5, 0.6) is 11.5 Å². The van der Waals surface area contributed by atoms with Crippen molar-refractivity contribution in [2.75, 3.05) is 0 Å². The Kier molecular flexibility index (Phi) is 4.04. The summed E-state index contributed by atoms with van der Waals surface area (Å²) in [6.07, 6.45) is 0. The fourth-order valence-corrected chi connectivity index (χ4v) is 1.68. The van der Waals surface area contributed by atoms with E-state index >= 15 is 0 Å². The lowest BCUT2D eigenvalue weighted by Gasteiger charge is -2.07. The van der Waals surface area contributed by atoms with Crippen molar-refractivity contribution in [2.45, 2.75) is 0 Å². The van der Waals surface area contributed by atoms with Crippen molar-refractivity contribution in [3.05, 3.63) is 49.7 Å². The number of aromatic nitrogens is 2. The molecule has 0 aliphatic heterocycles. The minimum atomic E-state index is -0.601. The van der Waals surface area contributed by atoms with E-state index < -0.39 is 4.92 Å². The van der Waals surface area contributed by atoms with Crippen LogP contribution in [-0.2, 0) is 0 Å². The summed E-state index contributed by atoms with van der Waals surface area (Å²) in [6.45, 7) is 0. The van der Waals surface area contributed by atoms with Gasteiger partial charge in [-0.25, -0.2) is 0 Å². The Morgan fingerprint density at radius 2 is 1.84 bits per heavy atom. The van der Waals surface area contributed by atoms with Gasteiger partial charge in [-0.3, -0.25) is 10.1 Å². The molecule has 0 saturated heterocycles. The number of benzene rings is 1. The van der Waals surface area contributed by atoms with Gasteiger partial charge in [-0.2, -0.15) is 0 Å². The lowest BCUT2D eigenvalue weighted by molar-refractivity contribution is -0.385. The molecular formula is C10H4Cl3N3O3. The molecule has 0 fully saturated rings. The molecule has 0 aliphatic carbocycles. The maximum Gasteiger partial charge on any atom is 0.311 e. The third-order valence-corrected chi connectivity index (χ3v) is 2.71. The summed E-state index contributed by atoms with van der Waals surface area (Å²) in [5.74, 6) is -0.0181. The highest BCUT2D eigenvalue weighted by atomic mass is 35.5. The van der Waals surface area contributed by atoms with Crippen molar-refractivity contribution < 1.29 is 9.66 Å². The second-order valence-corrected chi connectivity index (χ2v) is 4.48. The molecule has 6 nitrogen and oxygen atoms in total. The van der Waals surface area contributed by atoms with E-state index in [9.17, 15) is 10.1 Å². The first-order valence-corrected chi connectivity index (χ1v) is 5.91. The van der Waals surface area contributed by atoms with E-state index in [4.69, 9.17) is 39.5 Å². The Bertz CT molecular complexity index is 651. The van der Waals surface area contributed by atoms with Crippen LogP contribution in [0, 0.1) is 10.1 Å². The first kappa shape index (κ1) is 13.8. The summed E-state index contributed by atoms with van der Waals surface area (Å²) >= 11 is 17.2. The van der Waals surface area contributed by atoms with Crippen LogP contribution < -0.4 is 4.74 Å². The van der Waals surface area contributed by atoms with Gasteiger partial charge in [0, 0.05) is 23.2 Å². The third kappa shape index (κ3) is 3.23. The summed E-state index contributed by atoms with van der Waals surface area (Å²) in [4.78, 5) is 10.3. The van der Waals surface area contributed by atoms with Gasteiger partial charge < -0.3 is 4.74 Å². The van der Waals surface area contributed by atoms with E-state index in [1.807, 2.05) is 0 Å². The molecule has 0 N–H and O–H groups in total. The molecule has 9 heteroatoms. The normalized spacial score (nSPS) is 10.3. The lowest BCUT2D eigenvalue weighted by Crippen LogP contribution is -1.95. The van der Waals surface area contributed by atoms with Crippen molar-refractivity contribution in [3.63, 3.8) is 0 Å². The van der Waals surface area contributed by atoms with Crippen LogP contribution >= 0.6 is 34.8 Å². The number of rotatable bonds is 3. The molecule has 1 aromatic carbocycles. The highest BCUT2D eigenvalue weighted by Crippen LogP contribution is 2.36. The molecule has 2 rings (SSSR count). The van der Waals surface area contributed by atoms with Crippen molar-refractivity contribution >= 4 is 40.5 Å². The number of halogens is 3. The van der Waals surface area contributed by atoms with Gasteiger partial charge in [0.05, 0.1) is 4.92 Å². The molecule has 0 radical (unpaired) electrons. The van der Waals surface area contributed by atoms with Crippen molar-refractivity contribution in [2.24, 2.45) is 0 Å². The van der Waals surface area contributed by atoms with E-state index in [1.54, 1.807) is 0 Å². The van der Waals surface area contributed by atoms with Crippen LogP contribution in [0.25, 0.3) is 0 Å². The molecule has 0 aliphatic rings. The fourth-order valence-electron chi connectivity index (χ4n) is 1.25. The van der Waals surface area contributed by atoms with Gasteiger partial charge in [-0.05, 0) is 6.07 Å². The molecule has 0 unspecified atom stereocenters. The molecule has 2 aromatic rings. The number of nitro benzene ring substituents is 1. The zero-order valence-electron chi connectivity index (χ0n) is 9.01. The van der Waals surface area contributed by atoms with Crippen LogP contribution in [0.1, 0.15) is 0 Å². The Hall–Kier alpha value is -1.63. The topological polar surface area (TPSA) is 78.2 Å². The van der Waals surface area contributed by atoms with Crippen LogP contribution in [-0.4, -0.2) is 15.1 Å². The zero-order chi connectivity index (χ0) is 14.0. The Labute approximate surface area is 122 Å². The summed E-state index contributed by atoms with van der Waals surface area (Å²) < 4.78 is 5.32. The van der Waals surface area contributed by atoms with Gasteiger partial charge in [0.2, 0.25) is 5.75 Å². The second-order valence-electron chi connectivity index (χ2n) is 3.29. The van der Waals surface area contributed by atoms with Gasteiger partial charge in [0.25, 0.3) is 0 Å². The van der Waals surface area contributed by atoms with Crippen LogP contribution in [0.15, 0.2) is 24.3 Å². The predicted octanol–water partition coefficient (Wildman–Crippen LogP) is 4.14. The molecule has 1 heterocycles. The number of ether oxygens (including phenoxy) is 1. The van der Waals surface area contributed by atoms with E-state index in [0.29, 0.717) is 0 Å². The van der Waals surface area contributed by atoms with Crippen molar-refractivity contribution in [1.29, 1.82) is 0 Å². The van der Waals surface area contributed by atoms with Crippen molar-refractivity contribution in [1.82, 2.24) is 10.2 Å². The third-order valence-electron chi connectivity index (χ3n) is 2.03. The average molecular weight is 321 g/mol. The number of nitro groups is 1. The lowest BCUT2D eigenvalue weighted by atomic mass is 10.3. The Morgan fingerprint density at radius 3 is 2.53 bits per heavy atom. The number of hydrogen-bond acceptors (Lipinski definition) is 5. The SMILES string of the molecule is O=[N+]([O-])c1ccc(Cl)cc1Oc1cc(Cl)nnc1Cl. The molecule has 19 heavy (non-hydrogen) atoms. The van der Waals surface area contributed by atoms with Gasteiger partial charge >= 0.3 is 5.69 Å². The van der Waals surface area contributed by atoms with Crippen LogP contribution in [0.3, 0.4) is 0 Å². The van der Waals surface area contributed by atoms with Crippen LogP contribution in [0.4, 0.5) is 5.69 Å². The summed E-state index contributed by atoms with van der Waals surface area (Å²) in [6, 6.07) is 5.19. The van der Waals surface area contributed by atoms with Crippen molar-refractivity contribution in [3.8, 4) is 11.5 Å². The molecule has 0 saturated carbocycles. The van der Waals surface area contributed by atoms with Crippen LogP contribution in [0.2, 0.25) is 15.3 Å². The Morgan fingerprint density at radius 1 is 1.11 bits per heavy atom. The molecule has 0 atom stereocenters. The summed E-state index contributed by atoms with van der Waals surface area (Å²) in [5.41, 5.74) is -0.256. The quantitative estimate of drug-likeness (QED) is 0.627. The Balaban J connectivity index is 2.45. The fraction of sp³-hybridized carbons (Fsp3) is 0. The minimum Gasteiger partial charge on any atom is -0.447 e. The van der Waals surface area contributed by atoms with Gasteiger partial charge in [0.1, 0.15) is 0 Å². The molecule has 0 spiro atoms. The number of hydrogen-bond donors (Lipinski definition) is 0. The maximum absolute atomic E-state index is 10.9. The van der Waals surface area contributed by atoms with E-state index in [1.165, 1.54) is 24.3 Å². The second kappa shape index (κ2) is 5.56. The number of nitrogens with zero attached hydrogens (tertiary/aromatic N) is 3. The highest BCUT2D eigenvalue weighted by molar-refractivity contribution is 6.32. The molecular weight excluding hydrogens is 316 g/mol. The van der Waals surface area contributed by atoms with Gasteiger partial charge in [-0.15, -0.1) is 10.2 Å². The molecule has 0 bridgehead atoms. The highest BCUT2D eigenvalue weighted by Gasteiger charge is 2.18. The smallest absolute Gasteiger partial charge is 0.311 e.